The Labute approximate surface area is 128 Å². The first-order valence-corrected chi connectivity index (χ1v) is 9.14. The van der Waals surface area contributed by atoms with E-state index in [1.807, 2.05) is 5.38 Å². The Morgan fingerprint density at radius 1 is 1.38 bits per heavy atom. The molecule has 9 heteroatoms. The molecule has 2 aromatic rings. The van der Waals surface area contributed by atoms with E-state index in [0.29, 0.717) is 12.2 Å². The highest BCUT2D eigenvalue weighted by Crippen LogP contribution is 2.08. The molecule has 116 valence electrons. The number of hydrogen-bond acceptors (Lipinski definition) is 6. The van der Waals surface area contributed by atoms with E-state index in [0.717, 1.165) is 19.5 Å². The highest BCUT2D eigenvalue weighted by atomic mass is 32.2. The molecule has 0 saturated carbocycles. The topological polar surface area (TPSA) is 88.9 Å². The fourth-order valence-corrected chi connectivity index (χ4v) is 3.19. The summed E-state index contributed by atoms with van der Waals surface area (Å²) in [5.41, 5.74) is 2.38. The van der Waals surface area contributed by atoms with Crippen LogP contribution in [-0.4, -0.2) is 36.3 Å². The van der Waals surface area contributed by atoms with Crippen LogP contribution in [0.3, 0.4) is 0 Å². The number of sulfonamides is 1. The van der Waals surface area contributed by atoms with Crippen LogP contribution in [0, 0.1) is 0 Å². The van der Waals surface area contributed by atoms with Crippen LogP contribution >= 0.6 is 11.3 Å². The van der Waals surface area contributed by atoms with E-state index in [1.165, 1.54) is 23.7 Å². The van der Waals surface area contributed by atoms with Crippen LogP contribution in [0.5, 0.6) is 0 Å². The molecule has 2 heterocycles. The molecular formula is C12H19N5O2S2. The first-order chi connectivity index (χ1) is 10.1. The minimum absolute atomic E-state index is 0.174. The first-order valence-electron chi connectivity index (χ1n) is 6.71. The second-order valence-electron chi connectivity index (χ2n) is 4.49. The van der Waals surface area contributed by atoms with Crippen LogP contribution in [0.4, 0.5) is 0 Å². The average Bonchev–Trinajstić information content (AvgIpc) is 3.13. The van der Waals surface area contributed by atoms with Crippen molar-refractivity contribution < 1.29 is 8.42 Å². The number of rotatable bonds is 9. The summed E-state index contributed by atoms with van der Waals surface area (Å²) in [6.07, 6.45) is 3.97. The van der Waals surface area contributed by atoms with Gasteiger partial charge in [-0.1, -0.05) is 6.92 Å². The molecule has 0 aliphatic heterocycles. The van der Waals surface area contributed by atoms with Crippen LogP contribution in [0.15, 0.2) is 28.2 Å². The van der Waals surface area contributed by atoms with Crippen molar-refractivity contribution in [3.8, 4) is 0 Å². The maximum Gasteiger partial charge on any atom is 0.244 e. The van der Waals surface area contributed by atoms with Crippen molar-refractivity contribution in [2.45, 2.75) is 31.3 Å². The van der Waals surface area contributed by atoms with E-state index in [4.69, 9.17) is 0 Å². The fraction of sp³-hybridized carbons (Fsp3) is 0.500. The molecule has 0 aliphatic rings. The van der Waals surface area contributed by atoms with Crippen molar-refractivity contribution in [2.75, 3.05) is 13.1 Å². The minimum atomic E-state index is -3.54. The lowest BCUT2D eigenvalue weighted by Crippen LogP contribution is -2.23. The molecule has 2 aromatic heterocycles. The van der Waals surface area contributed by atoms with E-state index < -0.39 is 10.0 Å². The molecule has 0 atom stereocenters. The van der Waals surface area contributed by atoms with Crippen molar-refractivity contribution in [1.29, 1.82) is 0 Å². The second kappa shape index (κ2) is 7.64. The largest absolute Gasteiger partial charge is 0.315 e. The number of nitrogens with zero attached hydrogens (tertiary/aromatic N) is 3. The zero-order valence-corrected chi connectivity index (χ0v) is 13.5. The van der Waals surface area contributed by atoms with Crippen LogP contribution in [0.25, 0.3) is 0 Å². The van der Waals surface area contributed by atoms with Gasteiger partial charge in [-0.15, -0.1) is 11.3 Å². The molecule has 0 radical (unpaired) electrons. The van der Waals surface area contributed by atoms with Crippen LogP contribution < -0.4 is 10.0 Å². The molecule has 0 saturated heterocycles. The second-order valence-corrected chi connectivity index (χ2v) is 6.98. The Bertz CT molecular complexity index is 636. The van der Waals surface area contributed by atoms with Crippen LogP contribution in [0.1, 0.15) is 19.0 Å². The van der Waals surface area contributed by atoms with Crippen molar-refractivity contribution in [1.82, 2.24) is 24.8 Å². The summed E-state index contributed by atoms with van der Waals surface area (Å²) in [6.45, 7) is 4.64. The molecule has 0 spiro atoms. The average molecular weight is 329 g/mol. The van der Waals surface area contributed by atoms with E-state index in [-0.39, 0.29) is 11.4 Å². The summed E-state index contributed by atoms with van der Waals surface area (Å²) in [6, 6.07) is 0. The molecule has 0 fully saturated rings. The Kier molecular flexibility index (Phi) is 5.85. The van der Waals surface area contributed by atoms with Crippen molar-refractivity contribution in [3.63, 3.8) is 0 Å². The number of thiazole rings is 1. The van der Waals surface area contributed by atoms with E-state index in [1.54, 1.807) is 10.2 Å². The summed E-state index contributed by atoms with van der Waals surface area (Å²) >= 11 is 1.43. The third-order valence-electron chi connectivity index (χ3n) is 2.79. The minimum Gasteiger partial charge on any atom is -0.315 e. The van der Waals surface area contributed by atoms with Crippen LogP contribution in [0.2, 0.25) is 0 Å². The fourth-order valence-electron chi connectivity index (χ4n) is 1.68. The third-order valence-corrected chi connectivity index (χ3v) is 4.78. The lowest BCUT2D eigenvalue weighted by Gasteiger charge is -2.03. The lowest BCUT2D eigenvalue weighted by molar-refractivity contribution is 0.552. The summed E-state index contributed by atoms with van der Waals surface area (Å²) < 4.78 is 28.4. The highest BCUT2D eigenvalue weighted by Gasteiger charge is 2.16. The molecule has 0 bridgehead atoms. The summed E-state index contributed by atoms with van der Waals surface area (Å²) in [5, 5.41) is 9.12. The van der Waals surface area contributed by atoms with Gasteiger partial charge in [0, 0.05) is 18.1 Å². The predicted molar refractivity (Wildman–Crippen MR) is 81.5 cm³/mol. The number of hydrogen-bond donors (Lipinski definition) is 2. The Morgan fingerprint density at radius 2 is 2.24 bits per heavy atom. The summed E-state index contributed by atoms with van der Waals surface area (Å²) in [4.78, 5) is 4.21. The van der Waals surface area contributed by atoms with Crippen molar-refractivity contribution in [2.24, 2.45) is 0 Å². The molecule has 7 nitrogen and oxygen atoms in total. The predicted octanol–water partition coefficient (Wildman–Crippen LogP) is 0.818. The summed E-state index contributed by atoms with van der Waals surface area (Å²) in [5.74, 6) is 0. The maximum absolute atomic E-state index is 12.1. The molecule has 0 aromatic carbocycles. The molecule has 0 unspecified atom stereocenters. The van der Waals surface area contributed by atoms with Gasteiger partial charge in [0.15, 0.2) is 0 Å². The van der Waals surface area contributed by atoms with E-state index in [2.05, 4.69) is 27.0 Å². The number of nitrogens with one attached hydrogen (secondary N) is 2. The Balaban J connectivity index is 1.89. The van der Waals surface area contributed by atoms with Gasteiger partial charge in [-0.3, -0.25) is 4.68 Å². The van der Waals surface area contributed by atoms with Gasteiger partial charge in [-0.05, 0) is 13.0 Å². The van der Waals surface area contributed by atoms with Gasteiger partial charge in [0.2, 0.25) is 10.0 Å². The van der Waals surface area contributed by atoms with Gasteiger partial charge in [0.25, 0.3) is 0 Å². The van der Waals surface area contributed by atoms with Gasteiger partial charge in [0.1, 0.15) is 4.90 Å². The molecule has 2 N–H and O–H groups in total. The Morgan fingerprint density at radius 3 is 2.95 bits per heavy atom. The smallest absolute Gasteiger partial charge is 0.244 e. The van der Waals surface area contributed by atoms with Crippen molar-refractivity contribution >= 4 is 21.4 Å². The molecule has 21 heavy (non-hydrogen) atoms. The van der Waals surface area contributed by atoms with Gasteiger partial charge < -0.3 is 5.32 Å². The normalized spacial score (nSPS) is 11.9. The van der Waals surface area contributed by atoms with Crippen molar-refractivity contribution in [3.05, 3.63) is 29.0 Å². The van der Waals surface area contributed by atoms with Crippen LogP contribution in [-0.2, 0) is 23.1 Å². The SMILES string of the molecule is CCCNCCn1cc(S(=O)(=O)NCc2cscn2)cn1. The maximum atomic E-state index is 12.1. The lowest BCUT2D eigenvalue weighted by atomic mass is 10.5. The zero-order chi connectivity index (χ0) is 15.1. The van der Waals surface area contributed by atoms with Gasteiger partial charge >= 0.3 is 0 Å². The number of aromatic nitrogens is 3. The van der Waals surface area contributed by atoms with Gasteiger partial charge in [-0.2, -0.15) is 5.10 Å². The molecular weight excluding hydrogens is 310 g/mol. The quantitative estimate of drug-likeness (QED) is 0.665. The van der Waals surface area contributed by atoms with E-state index in [9.17, 15) is 8.42 Å². The third kappa shape index (κ3) is 4.88. The van der Waals surface area contributed by atoms with Gasteiger partial charge in [0.05, 0.1) is 30.5 Å². The summed E-state index contributed by atoms with van der Waals surface area (Å²) in [7, 11) is -3.54. The highest BCUT2D eigenvalue weighted by molar-refractivity contribution is 7.89. The molecule has 0 amide bonds. The monoisotopic (exact) mass is 329 g/mol. The standard InChI is InChI=1S/C12H19N5O2S2/c1-2-3-13-4-5-17-8-12(7-15-17)21(18,19)16-6-11-9-20-10-14-11/h7-10,13,16H,2-6H2,1H3. The molecule has 2 rings (SSSR count). The molecule has 0 aliphatic carbocycles. The Hall–Kier alpha value is -1.29. The van der Waals surface area contributed by atoms with E-state index >= 15 is 0 Å². The first kappa shape index (κ1) is 16.1. The van der Waals surface area contributed by atoms with Gasteiger partial charge in [-0.25, -0.2) is 18.1 Å². The zero-order valence-electron chi connectivity index (χ0n) is 11.8.